The summed E-state index contributed by atoms with van der Waals surface area (Å²) in [7, 11) is 1.36. The summed E-state index contributed by atoms with van der Waals surface area (Å²) in [5, 5.41) is 0. The van der Waals surface area contributed by atoms with Crippen molar-refractivity contribution in [1.29, 1.82) is 0 Å². The van der Waals surface area contributed by atoms with Gasteiger partial charge in [0.05, 0.1) is 7.11 Å². The van der Waals surface area contributed by atoms with Gasteiger partial charge in [0.15, 0.2) is 0 Å². The van der Waals surface area contributed by atoms with Crippen LogP contribution in [0.4, 0.5) is 0 Å². The highest BCUT2D eigenvalue weighted by Crippen LogP contribution is 2.18. The molecule has 0 radical (unpaired) electrons. The van der Waals surface area contributed by atoms with Gasteiger partial charge in [0.1, 0.15) is 17.1 Å². The minimum atomic E-state index is -0.378. The molecule has 98 valence electrons. The Labute approximate surface area is 112 Å². The Bertz CT molecular complexity index is 621. The molecular weight excluding hydrogens is 240 g/mol. The Morgan fingerprint density at radius 2 is 2.00 bits per heavy atom. The summed E-state index contributed by atoms with van der Waals surface area (Å²) in [4.78, 5) is 11.5. The third kappa shape index (κ3) is 3.13. The van der Waals surface area contributed by atoms with E-state index in [4.69, 9.17) is 4.42 Å². The summed E-state index contributed by atoms with van der Waals surface area (Å²) in [6, 6.07) is 9.83. The van der Waals surface area contributed by atoms with Gasteiger partial charge in [-0.1, -0.05) is 35.9 Å². The fraction of sp³-hybridized carbons (Fsp3) is 0.188. The number of carbonyl (C=O) groups excluding carboxylic acids is 1. The molecule has 0 aliphatic carbocycles. The monoisotopic (exact) mass is 256 g/mol. The third-order valence-electron chi connectivity index (χ3n) is 2.82. The van der Waals surface area contributed by atoms with E-state index >= 15 is 0 Å². The standard InChI is InChI=1S/C16H16O3/c1-11-5-4-6-13(9-11)7-8-14-10-15(12(2)19-14)16(17)18-3/h4-10H,1-3H3/b8-7+. The van der Waals surface area contributed by atoms with Crippen LogP contribution < -0.4 is 0 Å². The molecule has 1 aromatic carbocycles. The van der Waals surface area contributed by atoms with Crippen LogP contribution in [0.2, 0.25) is 0 Å². The van der Waals surface area contributed by atoms with Crippen LogP contribution in [-0.4, -0.2) is 13.1 Å². The highest BCUT2D eigenvalue weighted by molar-refractivity contribution is 5.91. The van der Waals surface area contributed by atoms with Crippen LogP contribution in [0.1, 0.15) is 33.0 Å². The normalized spacial score (nSPS) is 10.9. The van der Waals surface area contributed by atoms with Gasteiger partial charge in [0.2, 0.25) is 0 Å². The number of hydrogen-bond donors (Lipinski definition) is 0. The second-order valence-electron chi connectivity index (χ2n) is 4.36. The van der Waals surface area contributed by atoms with E-state index in [0.29, 0.717) is 17.1 Å². The molecule has 2 aromatic rings. The van der Waals surface area contributed by atoms with Crippen LogP contribution in [0, 0.1) is 13.8 Å². The van der Waals surface area contributed by atoms with E-state index in [1.165, 1.54) is 12.7 Å². The highest BCUT2D eigenvalue weighted by atomic mass is 16.5. The SMILES string of the molecule is COC(=O)c1cc(/C=C/c2cccc(C)c2)oc1C. The lowest BCUT2D eigenvalue weighted by Crippen LogP contribution is -2.00. The number of rotatable bonds is 3. The first-order valence-electron chi connectivity index (χ1n) is 6.03. The van der Waals surface area contributed by atoms with Gasteiger partial charge in [-0.05, 0) is 31.6 Å². The molecule has 0 fully saturated rings. The average molecular weight is 256 g/mol. The van der Waals surface area contributed by atoms with Gasteiger partial charge in [0, 0.05) is 0 Å². The maximum atomic E-state index is 11.5. The summed E-state index contributed by atoms with van der Waals surface area (Å²) in [6.07, 6.45) is 3.79. The largest absolute Gasteiger partial charge is 0.465 e. The maximum Gasteiger partial charge on any atom is 0.341 e. The molecule has 3 heteroatoms. The quantitative estimate of drug-likeness (QED) is 0.783. The van der Waals surface area contributed by atoms with Gasteiger partial charge >= 0.3 is 5.97 Å². The van der Waals surface area contributed by atoms with E-state index in [1.807, 2.05) is 37.3 Å². The lowest BCUT2D eigenvalue weighted by atomic mass is 10.1. The molecule has 0 spiro atoms. The van der Waals surface area contributed by atoms with Crippen molar-refractivity contribution in [2.75, 3.05) is 7.11 Å². The van der Waals surface area contributed by atoms with Crippen molar-refractivity contribution in [2.45, 2.75) is 13.8 Å². The zero-order valence-electron chi connectivity index (χ0n) is 11.3. The fourth-order valence-electron chi connectivity index (χ4n) is 1.85. The minimum Gasteiger partial charge on any atom is -0.465 e. The third-order valence-corrected chi connectivity index (χ3v) is 2.82. The smallest absolute Gasteiger partial charge is 0.341 e. The zero-order chi connectivity index (χ0) is 13.8. The minimum absolute atomic E-state index is 0.378. The Morgan fingerprint density at radius 1 is 1.21 bits per heavy atom. The average Bonchev–Trinajstić information content (AvgIpc) is 2.77. The number of ether oxygens (including phenoxy) is 1. The first-order chi connectivity index (χ1) is 9.10. The first-order valence-corrected chi connectivity index (χ1v) is 6.03. The summed E-state index contributed by atoms with van der Waals surface area (Å²) in [6.45, 7) is 3.79. The molecule has 0 aliphatic rings. The fourth-order valence-corrected chi connectivity index (χ4v) is 1.85. The van der Waals surface area contributed by atoms with Crippen molar-refractivity contribution in [3.8, 4) is 0 Å². The van der Waals surface area contributed by atoms with Gasteiger partial charge < -0.3 is 9.15 Å². The van der Waals surface area contributed by atoms with Crippen LogP contribution in [-0.2, 0) is 4.74 Å². The Balaban J connectivity index is 2.22. The highest BCUT2D eigenvalue weighted by Gasteiger charge is 2.13. The van der Waals surface area contributed by atoms with E-state index in [9.17, 15) is 4.79 Å². The van der Waals surface area contributed by atoms with Crippen molar-refractivity contribution < 1.29 is 13.9 Å². The summed E-state index contributed by atoms with van der Waals surface area (Å²) in [5.74, 6) is 0.826. The number of furan rings is 1. The van der Waals surface area contributed by atoms with E-state index in [1.54, 1.807) is 13.0 Å². The predicted molar refractivity (Wildman–Crippen MR) is 74.9 cm³/mol. The van der Waals surface area contributed by atoms with E-state index < -0.39 is 0 Å². The van der Waals surface area contributed by atoms with Crippen LogP contribution in [0.5, 0.6) is 0 Å². The van der Waals surface area contributed by atoms with Crippen molar-refractivity contribution in [3.63, 3.8) is 0 Å². The van der Waals surface area contributed by atoms with E-state index in [2.05, 4.69) is 10.8 Å². The molecule has 0 bridgehead atoms. The van der Waals surface area contributed by atoms with Gasteiger partial charge in [-0.3, -0.25) is 0 Å². The Morgan fingerprint density at radius 3 is 2.68 bits per heavy atom. The van der Waals surface area contributed by atoms with Gasteiger partial charge in [0.25, 0.3) is 0 Å². The number of hydrogen-bond acceptors (Lipinski definition) is 3. The molecule has 0 aliphatic heterocycles. The molecule has 3 nitrogen and oxygen atoms in total. The van der Waals surface area contributed by atoms with Gasteiger partial charge in [-0.2, -0.15) is 0 Å². The molecule has 0 saturated carbocycles. The van der Waals surface area contributed by atoms with Crippen LogP contribution in [0.15, 0.2) is 34.7 Å². The maximum absolute atomic E-state index is 11.5. The number of esters is 1. The molecule has 0 saturated heterocycles. The molecule has 0 unspecified atom stereocenters. The van der Waals surface area contributed by atoms with Crippen molar-refractivity contribution in [2.24, 2.45) is 0 Å². The number of carbonyl (C=O) groups is 1. The molecule has 0 atom stereocenters. The molecule has 0 N–H and O–H groups in total. The van der Waals surface area contributed by atoms with E-state index in [-0.39, 0.29) is 5.97 Å². The van der Waals surface area contributed by atoms with Crippen molar-refractivity contribution in [3.05, 3.63) is 58.5 Å². The first kappa shape index (κ1) is 13.1. The van der Waals surface area contributed by atoms with Crippen LogP contribution >= 0.6 is 0 Å². The molecule has 0 amide bonds. The Hall–Kier alpha value is -2.29. The molecule has 1 aromatic heterocycles. The summed E-state index contributed by atoms with van der Waals surface area (Å²) >= 11 is 0. The van der Waals surface area contributed by atoms with Crippen molar-refractivity contribution >= 4 is 18.1 Å². The topological polar surface area (TPSA) is 39.4 Å². The number of aryl methyl sites for hydroxylation is 2. The molecule has 1 heterocycles. The summed E-state index contributed by atoms with van der Waals surface area (Å²) in [5.41, 5.74) is 2.76. The summed E-state index contributed by atoms with van der Waals surface area (Å²) < 4.78 is 10.2. The second-order valence-corrected chi connectivity index (χ2v) is 4.36. The van der Waals surface area contributed by atoms with Gasteiger partial charge in [-0.25, -0.2) is 4.79 Å². The zero-order valence-corrected chi connectivity index (χ0v) is 11.3. The number of methoxy groups -OCH3 is 1. The van der Waals surface area contributed by atoms with Crippen LogP contribution in [0.3, 0.4) is 0 Å². The van der Waals surface area contributed by atoms with E-state index in [0.717, 1.165) is 5.56 Å². The lowest BCUT2D eigenvalue weighted by molar-refractivity contribution is 0.0599. The Kier molecular flexibility index (Phi) is 3.85. The van der Waals surface area contributed by atoms with Gasteiger partial charge in [-0.15, -0.1) is 0 Å². The predicted octanol–water partition coefficient (Wildman–Crippen LogP) is 3.85. The molecule has 2 rings (SSSR count). The van der Waals surface area contributed by atoms with Crippen LogP contribution in [0.25, 0.3) is 12.2 Å². The molecule has 19 heavy (non-hydrogen) atoms. The van der Waals surface area contributed by atoms with Crippen molar-refractivity contribution in [1.82, 2.24) is 0 Å². The molecular formula is C16H16O3. The lowest BCUT2D eigenvalue weighted by Gasteiger charge is -1.94. The number of benzene rings is 1. The second kappa shape index (κ2) is 5.57.